The maximum atomic E-state index is 12.0. The van der Waals surface area contributed by atoms with Crippen molar-refractivity contribution in [2.24, 2.45) is 14.1 Å². The van der Waals surface area contributed by atoms with Gasteiger partial charge < -0.3 is 10.2 Å². The van der Waals surface area contributed by atoms with Crippen molar-refractivity contribution in [2.75, 3.05) is 31.6 Å². The molecular weight excluding hydrogens is 350 g/mol. The van der Waals surface area contributed by atoms with Crippen molar-refractivity contribution >= 4 is 11.5 Å². The van der Waals surface area contributed by atoms with Crippen LogP contribution >= 0.6 is 0 Å². The van der Waals surface area contributed by atoms with E-state index in [9.17, 15) is 19.7 Å². The topological polar surface area (TPSA) is 102 Å². The lowest BCUT2D eigenvalue weighted by Gasteiger charge is -2.22. The molecule has 2 aromatic rings. The van der Waals surface area contributed by atoms with E-state index >= 15 is 0 Å². The molecule has 1 N–H and O–H groups in total. The molecule has 146 valence electrons. The van der Waals surface area contributed by atoms with E-state index in [1.807, 2.05) is 11.9 Å². The van der Waals surface area contributed by atoms with E-state index in [1.165, 1.54) is 29.8 Å². The highest BCUT2D eigenvalue weighted by molar-refractivity contribution is 5.37. The summed E-state index contributed by atoms with van der Waals surface area (Å²) in [4.78, 5) is 35.9. The number of nitrogens with zero attached hydrogens (tertiary/aromatic N) is 4. The fraction of sp³-hybridized carbons (Fsp3) is 0.444. The van der Waals surface area contributed by atoms with Crippen molar-refractivity contribution in [1.82, 2.24) is 14.5 Å². The molecule has 0 aliphatic heterocycles. The smallest absolute Gasteiger partial charge is 0.332 e. The van der Waals surface area contributed by atoms with Gasteiger partial charge in [-0.15, -0.1) is 0 Å². The van der Waals surface area contributed by atoms with Crippen molar-refractivity contribution in [2.45, 2.75) is 12.8 Å². The number of hydrogen-bond donors (Lipinski definition) is 1. The molecule has 0 aliphatic rings. The number of nitrogens with one attached hydrogen (secondary N) is 1. The van der Waals surface area contributed by atoms with Gasteiger partial charge in [0.15, 0.2) is 0 Å². The zero-order chi connectivity index (χ0) is 20.0. The van der Waals surface area contributed by atoms with Crippen LogP contribution in [0.2, 0.25) is 0 Å². The summed E-state index contributed by atoms with van der Waals surface area (Å²) in [6, 6.07) is 8.05. The number of likely N-dealkylation sites (N-methyl/N-ethyl adjacent to an activating group) is 1. The van der Waals surface area contributed by atoms with Crippen LogP contribution in [0.3, 0.4) is 0 Å². The molecule has 0 radical (unpaired) electrons. The van der Waals surface area contributed by atoms with Gasteiger partial charge in [0.1, 0.15) is 5.82 Å². The first-order valence-corrected chi connectivity index (χ1v) is 8.73. The summed E-state index contributed by atoms with van der Waals surface area (Å²) in [5.41, 5.74) is 0.496. The Balaban J connectivity index is 1.75. The Kier molecular flexibility index (Phi) is 6.89. The highest BCUT2D eigenvalue weighted by Crippen LogP contribution is 2.12. The van der Waals surface area contributed by atoms with Crippen LogP contribution in [0.4, 0.5) is 11.5 Å². The van der Waals surface area contributed by atoms with Crippen molar-refractivity contribution in [3.05, 3.63) is 66.8 Å². The quantitative estimate of drug-likeness (QED) is 0.392. The van der Waals surface area contributed by atoms with Gasteiger partial charge in [-0.1, -0.05) is 12.1 Å². The minimum Gasteiger partial charge on any atom is -0.360 e. The molecule has 0 atom stereocenters. The molecule has 0 bridgehead atoms. The number of benzene rings is 1. The lowest BCUT2D eigenvalue weighted by molar-refractivity contribution is -0.384. The third-order valence-corrected chi connectivity index (χ3v) is 4.48. The molecule has 1 aromatic carbocycles. The first kappa shape index (κ1) is 20.4. The Morgan fingerprint density at radius 2 is 1.78 bits per heavy atom. The predicted molar refractivity (Wildman–Crippen MR) is 104 cm³/mol. The summed E-state index contributed by atoms with van der Waals surface area (Å²) in [7, 11) is 4.94. The summed E-state index contributed by atoms with van der Waals surface area (Å²) in [6.45, 7) is 2.17. The monoisotopic (exact) mass is 375 g/mol. The Morgan fingerprint density at radius 3 is 2.41 bits per heavy atom. The fourth-order valence-electron chi connectivity index (χ4n) is 2.78. The van der Waals surface area contributed by atoms with E-state index in [-0.39, 0.29) is 16.9 Å². The molecule has 2 rings (SSSR count). The number of aryl methyl sites for hydroxylation is 1. The number of hydrogen-bond acceptors (Lipinski definition) is 6. The molecule has 0 amide bonds. The molecule has 0 saturated heterocycles. The van der Waals surface area contributed by atoms with Crippen LogP contribution in [0.15, 0.2) is 39.9 Å². The Labute approximate surface area is 157 Å². The maximum absolute atomic E-state index is 12.0. The second-order valence-electron chi connectivity index (χ2n) is 6.44. The van der Waals surface area contributed by atoms with Gasteiger partial charge in [-0.2, -0.15) is 0 Å². The fourth-order valence-corrected chi connectivity index (χ4v) is 2.78. The number of non-ortho nitro benzene ring substituents is 1. The normalized spacial score (nSPS) is 10.8. The molecule has 9 heteroatoms. The van der Waals surface area contributed by atoms with Gasteiger partial charge in [0, 0.05) is 52.4 Å². The summed E-state index contributed by atoms with van der Waals surface area (Å²) in [5, 5.41) is 14.0. The van der Waals surface area contributed by atoms with Crippen LogP contribution < -0.4 is 21.5 Å². The van der Waals surface area contributed by atoms with Crippen molar-refractivity contribution < 1.29 is 4.92 Å². The minimum absolute atomic E-state index is 0.102. The lowest BCUT2D eigenvalue weighted by Crippen LogP contribution is -2.40. The minimum atomic E-state index is -0.403. The Morgan fingerprint density at radius 1 is 1.11 bits per heavy atom. The average Bonchev–Trinajstić information content (AvgIpc) is 2.65. The van der Waals surface area contributed by atoms with E-state index < -0.39 is 4.92 Å². The molecule has 1 heterocycles. The van der Waals surface area contributed by atoms with Gasteiger partial charge in [0.2, 0.25) is 0 Å². The van der Waals surface area contributed by atoms with Gasteiger partial charge in [0.05, 0.1) is 4.92 Å². The van der Waals surface area contributed by atoms with E-state index in [1.54, 1.807) is 19.2 Å². The van der Waals surface area contributed by atoms with Crippen molar-refractivity contribution in [3.8, 4) is 0 Å². The standard InChI is InChI=1S/C18H25N5O4/c1-20(16-13-17(24)22(3)18(25)21(16)2)12-11-19-10-4-5-14-6-8-15(9-7-14)23(26)27/h6-9,13,19H,4-5,10-12H2,1-3H3. The second kappa shape index (κ2) is 9.13. The molecule has 0 unspecified atom stereocenters. The first-order chi connectivity index (χ1) is 12.8. The molecule has 27 heavy (non-hydrogen) atoms. The Bertz CT molecular complexity index is 901. The van der Waals surface area contributed by atoms with Crippen LogP contribution in [-0.4, -0.2) is 40.7 Å². The molecule has 0 fully saturated rings. The third-order valence-electron chi connectivity index (χ3n) is 4.48. The SMILES string of the molecule is CN(CCNCCCc1ccc([N+](=O)[O-])cc1)c1cc(=O)n(C)c(=O)n1C. The van der Waals surface area contributed by atoms with Gasteiger partial charge >= 0.3 is 5.69 Å². The molecule has 0 spiro atoms. The zero-order valence-electron chi connectivity index (χ0n) is 15.8. The number of rotatable bonds is 9. The van der Waals surface area contributed by atoms with Crippen molar-refractivity contribution in [3.63, 3.8) is 0 Å². The molecule has 0 aliphatic carbocycles. The summed E-state index contributed by atoms with van der Waals surface area (Å²) >= 11 is 0. The van der Waals surface area contributed by atoms with E-state index in [0.717, 1.165) is 29.5 Å². The number of nitro benzene ring substituents is 1. The third kappa shape index (κ3) is 5.27. The maximum Gasteiger partial charge on any atom is 0.332 e. The Hall–Kier alpha value is -2.94. The summed E-state index contributed by atoms with van der Waals surface area (Å²) in [5.74, 6) is 0.579. The lowest BCUT2D eigenvalue weighted by atomic mass is 10.1. The van der Waals surface area contributed by atoms with Crippen LogP contribution in [0.1, 0.15) is 12.0 Å². The van der Waals surface area contributed by atoms with Crippen LogP contribution in [0.5, 0.6) is 0 Å². The molecule has 0 saturated carbocycles. The molecular formula is C18H25N5O4. The average molecular weight is 375 g/mol. The van der Waals surface area contributed by atoms with Gasteiger partial charge in [-0.25, -0.2) is 4.79 Å². The highest BCUT2D eigenvalue weighted by Gasteiger charge is 2.09. The van der Waals surface area contributed by atoms with Gasteiger partial charge in [-0.3, -0.25) is 24.0 Å². The highest BCUT2D eigenvalue weighted by atomic mass is 16.6. The predicted octanol–water partition coefficient (Wildman–Crippen LogP) is 0.651. The number of nitro groups is 1. The van der Waals surface area contributed by atoms with E-state index in [4.69, 9.17) is 0 Å². The number of aromatic nitrogens is 2. The zero-order valence-corrected chi connectivity index (χ0v) is 15.8. The first-order valence-electron chi connectivity index (χ1n) is 8.73. The summed E-state index contributed by atoms with van der Waals surface area (Å²) in [6.07, 6.45) is 1.75. The number of anilines is 1. The second-order valence-corrected chi connectivity index (χ2v) is 6.44. The van der Waals surface area contributed by atoms with E-state index in [2.05, 4.69) is 5.32 Å². The van der Waals surface area contributed by atoms with Crippen LogP contribution in [0.25, 0.3) is 0 Å². The van der Waals surface area contributed by atoms with Gasteiger partial charge in [0.25, 0.3) is 11.2 Å². The van der Waals surface area contributed by atoms with Gasteiger partial charge in [-0.05, 0) is 24.9 Å². The molecule has 1 aromatic heterocycles. The van der Waals surface area contributed by atoms with E-state index in [0.29, 0.717) is 18.9 Å². The summed E-state index contributed by atoms with van der Waals surface area (Å²) < 4.78 is 2.53. The van der Waals surface area contributed by atoms with Crippen molar-refractivity contribution in [1.29, 1.82) is 0 Å². The molecule has 9 nitrogen and oxygen atoms in total. The van der Waals surface area contributed by atoms with Crippen LogP contribution in [0, 0.1) is 10.1 Å². The van der Waals surface area contributed by atoms with Crippen LogP contribution in [-0.2, 0) is 20.5 Å². The largest absolute Gasteiger partial charge is 0.360 e.